The van der Waals surface area contributed by atoms with E-state index < -0.39 is 11.9 Å². The van der Waals surface area contributed by atoms with Gasteiger partial charge in [0.2, 0.25) is 0 Å². The van der Waals surface area contributed by atoms with Crippen molar-refractivity contribution in [2.24, 2.45) is 5.92 Å². The van der Waals surface area contributed by atoms with Gasteiger partial charge in [0.15, 0.2) is 0 Å². The van der Waals surface area contributed by atoms with Crippen LogP contribution in [0.1, 0.15) is 13.3 Å². The van der Waals surface area contributed by atoms with E-state index in [4.69, 9.17) is 5.11 Å². The number of carbonyl (C=O) groups is 2. The Bertz CT molecular complexity index is 482. The number of urea groups is 1. The summed E-state index contributed by atoms with van der Waals surface area (Å²) < 4.78 is 1.80. The van der Waals surface area contributed by atoms with Gasteiger partial charge in [-0.05, 0) is 47.2 Å². The van der Waals surface area contributed by atoms with Crippen LogP contribution >= 0.6 is 38.5 Å². The third-order valence-corrected chi connectivity index (χ3v) is 3.90. The Morgan fingerprint density at radius 3 is 2.79 bits per heavy atom. The molecular weight excluding hydrogens is 427 g/mol. The van der Waals surface area contributed by atoms with Crippen molar-refractivity contribution in [2.75, 3.05) is 11.9 Å². The van der Waals surface area contributed by atoms with Crippen molar-refractivity contribution in [1.29, 1.82) is 0 Å². The number of carbonyl (C=O) groups excluding carboxylic acids is 1. The van der Waals surface area contributed by atoms with Crippen LogP contribution in [0.5, 0.6) is 0 Å². The summed E-state index contributed by atoms with van der Waals surface area (Å²) in [5.74, 6) is -1.32. The lowest BCUT2D eigenvalue weighted by Gasteiger charge is -2.10. The van der Waals surface area contributed by atoms with E-state index in [-0.39, 0.29) is 6.03 Å². The number of anilines is 1. The van der Waals surface area contributed by atoms with Gasteiger partial charge in [0.25, 0.3) is 0 Å². The van der Waals surface area contributed by atoms with Gasteiger partial charge in [-0.15, -0.1) is 0 Å². The van der Waals surface area contributed by atoms with Gasteiger partial charge in [-0.2, -0.15) is 0 Å². The number of carboxylic acid groups (broad SMARTS) is 1. The number of benzene rings is 1. The summed E-state index contributed by atoms with van der Waals surface area (Å²) >= 11 is 5.46. The molecule has 0 fully saturated rings. The van der Waals surface area contributed by atoms with Crippen molar-refractivity contribution < 1.29 is 14.7 Å². The lowest BCUT2D eigenvalue weighted by atomic mass is 10.1. The van der Waals surface area contributed by atoms with E-state index in [1.165, 1.54) is 0 Å². The van der Waals surface area contributed by atoms with Crippen molar-refractivity contribution in [3.8, 4) is 0 Å². The molecule has 0 heterocycles. The Balaban J connectivity index is 2.43. The average Bonchev–Trinajstić information content (AvgIpc) is 2.33. The van der Waals surface area contributed by atoms with E-state index in [0.717, 1.165) is 8.04 Å². The summed E-state index contributed by atoms with van der Waals surface area (Å²) in [6.45, 7) is 1.93. The number of nitrogens with one attached hydrogen (secondary N) is 2. The SMILES string of the molecule is CC(CCNC(=O)Nc1cc(Br)ccc1I)C(=O)O. The van der Waals surface area contributed by atoms with Crippen molar-refractivity contribution in [1.82, 2.24) is 5.32 Å². The van der Waals surface area contributed by atoms with Gasteiger partial charge in [0, 0.05) is 14.6 Å². The van der Waals surface area contributed by atoms with Crippen molar-refractivity contribution in [2.45, 2.75) is 13.3 Å². The predicted molar refractivity (Wildman–Crippen MR) is 85.3 cm³/mol. The van der Waals surface area contributed by atoms with Crippen LogP contribution in [-0.2, 0) is 4.79 Å². The average molecular weight is 441 g/mol. The van der Waals surface area contributed by atoms with E-state index >= 15 is 0 Å². The van der Waals surface area contributed by atoms with Gasteiger partial charge in [-0.3, -0.25) is 4.79 Å². The van der Waals surface area contributed by atoms with Crippen LogP contribution in [0.15, 0.2) is 22.7 Å². The summed E-state index contributed by atoms with van der Waals surface area (Å²) in [6, 6.07) is 5.24. The van der Waals surface area contributed by atoms with E-state index in [1.807, 2.05) is 12.1 Å². The van der Waals surface area contributed by atoms with Gasteiger partial charge in [0.05, 0.1) is 11.6 Å². The zero-order valence-electron chi connectivity index (χ0n) is 10.2. The Hall–Kier alpha value is -0.830. The summed E-state index contributed by atoms with van der Waals surface area (Å²) in [7, 11) is 0. The second kappa shape index (κ2) is 7.68. The van der Waals surface area contributed by atoms with Crippen LogP contribution in [-0.4, -0.2) is 23.7 Å². The van der Waals surface area contributed by atoms with Crippen molar-refractivity contribution >= 4 is 56.2 Å². The van der Waals surface area contributed by atoms with Crippen LogP contribution in [0.2, 0.25) is 0 Å². The van der Waals surface area contributed by atoms with Crippen LogP contribution in [0.3, 0.4) is 0 Å². The summed E-state index contributed by atoms with van der Waals surface area (Å²) in [4.78, 5) is 22.3. The maximum Gasteiger partial charge on any atom is 0.319 e. The Kier molecular flexibility index (Phi) is 6.56. The minimum Gasteiger partial charge on any atom is -0.481 e. The summed E-state index contributed by atoms with van der Waals surface area (Å²) in [5, 5.41) is 14.1. The molecule has 5 nitrogen and oxygen atoms in total. The first-order chi connectivity index (χ1) is 8.90. The number of halogens is 2. The molecule has 1 aromatic rings. The molecule has 0 saturated heterocycles. The second-order valence-electron chi connectivity index (χ2n) is 4.03. The van der Waals surface area contributed by atoms with E-state index in [9.17, 15) is 9.59 Å². The molecule has 1 atom stereocenters. The molecule has 104 valence electrons. The molecule has 0 aliphatic carbocycles. The summed E-state index contributed by atoms with van der Waals surface area (Å²) in [5.41, 5.74) is 0.707. The summed E-state index contributed by atoms with van der Waals surface area (Å²) in [6.07, 6.45) is 0.401. The monoisotopic (exact) mass is 440 g/mol. The quantitative estimate of drug-likeness (QED) is 0.614. The van der Waals surface area contributed by atoms with Crippen LogP contribution in [0, 0.1) is 9.49 Å². The smallest absolute Gasteiger partial charge is 0.319 e. The first kappa shape index (κ1) is 16.2. The first-order valence-corrected chi connectivity index (χ1v) is 7.50. The number of hydrogen-bond acceptors (Lipinski definition) is 2. The zero-order chi connectivity index (χ0) is 14.4. The third-order valence-electron chi connectivity index (χ3n) is 2.46. The van der Waals surface area contributed by atoms with Crippen LogP contribution < -0.4 is 10.6 Å². The topological polar surface area (TPSA) is 78.4 Å². The van der Waals surface area contributed by atoms with Crippen molar-refractivity contribution in [3.63, 3.8) is 0 Å². The fraction of sp³-hybridized carbons (Fsp3) is 0.333. The number of rotatable bonds is 5. The van der Waals surface area contributed by atoms with Crippen LogP contribution in [0.4, 0.5) is 10.5 Å². The highest BCUT2D eigenvalue weighted by molar-refractivity contribution is 14.1. The molecule has 1 unspecified atom stereocenters. The Labute approximate surface area is 133 Å². The third kappa shape index (κ3) is 5.77. The molecule has 0 saturated carbocycles. The molecule has 19 heavy (non-hydrogen) atoms. The maximum absolute atomic E-state index is 11.6. The zero-order valence-corrected chi connectivity index (χ0v) is 14.0. The van der Waals surface area contributed by atoms with Gasteiger partial charge in [0.1, 0.15) is 0 Å². The molecule has 7 heteroatoms. The molecule has 0 aromatic heterocycles. The number of hydrogen-bond donors (Lipinski definition) is 3. The fourth-order valence-corrected chi connectivity index (χ4v) is 2.12. The standard InChI is InChI=1S/C12H14BrIN2O3/c1-7(11(17)18)4-5-15-12(19)16-10-6-8(13)2-3-9(10)14/h2-3,6-7H,4-5H2,1H3,(H,17,18)(H2,15,16,19). The molecule has 0 bridgehead atoms. The molecule has 0 spiro atoms. The van der Waals surface area contributed by atoms with E-state index in [2.05, 4.69) is 49.2 Å². The van der Waals surface area contributed by atoms with Gasteiger partial charge in [-0.1, -0.05) is 22.9 Å². The van der Waals surface area contributed by atoms with Gasteiger partial charge in [-0.25, -0.2) is 4.79 Å². The highest BCUT2D eigenvalue weighted by atomic mass is 127. The first-order valence-electron chi connectivity index (χ1n) is 5.63. The number of carboxylic acids is 1. The molecule has 2 amide bonds. The molecule has 1 rings (SSSR count). The van der Waals surface area contributed by atoms with Crippen LogP contribution in [0.25, 0.3) is 0 Å². The van der Waals surface area contributed by atoms with E-state index in [0.29, 0.717) is 18.7 Å². The maximum atomic E-state index is 11.6. The Morgan fingerprint density at radius 2 is 2.16 bits per heavy atom. The second-order valence-corrected chi connectivity index (χ2v) is 6.11. The van der Waals surface area contributed by atoms with Gasteiger partial charge < -0.3 is 15.7 Å². The largest absolute Gasteiger partial charge is 0.481 e. The highest BCUT2D eigenvalue weighted by Gasteiger charge is 2.11. The number of amides is 2. The molecule has 3 N–H and O–H groups in total. The lowest BCUT2D eigenvalue weighted by Crippen LogP contribution is -2.31. The molecule has 0 aliphatic heterocycles. The Morgan fingerprint density at radius 1 is 1.47 bits per heavy atom. The minimum absolute atomic E-state index is 0.323. The molecular formula is C12H14BrIN2O3. The van der Waals surface area contributed by atoms with E-state index in [1.54, 1.807) is 13.0 Å². The highest BCUT2D eigenvalue weighted by Crippen LogP contribution is 2.22. The lowest BCUT2D eigenvalue weighted by molar-refractivity contribution is -0.141. The van der Waals surface area contributed by atoms with Gasteiger partial charge >= 0.3 is 12.0 Å². The molecule has 0 aliphatic rings. The fourth-order valence-electron chi connectivity index (χ4n) is 1.29. The molecule has 1 aromatic carbocycles. The minimum atomic E-state index is -0.858. The number of aliphatic carboxylic acids is 1. The van der Waals surface area contributed by atoms with Crippen molar-refractivity contribution in [3.05, 3.63) is 26.2 Å². The normalized spacial score (nSPS) is 11.7. The molecule has 0 radical (unpaired) electrons. The predicted octanol–water partition coefficient (Wildman–Crippen LogP) is 3.29.